The van der Waals surface area contributed by atoms with Crippen molar-refractivity contribution >= 4 is 22.9 Å². The van der Waals surface area contributed by atoms with Crippen molar-refractivity contribution in [1.29, 1.82) is 0 Å². The Balaban J connectivity index is 1.84. The quantitative estimate of drug-likeness (QED) is 0.692. The van der Waals surface area contributed by atoms with E-state index in [1.807, 2.05) is 48.5 Å². The number of para-hydroxylation sites is 2. The van der Waals surface area contributed by atoms with Crippen molar-refractivity contribution < 1.29 is 14.3 Å². The van der Waals surface area contributed by atoms with Crippen LogP contribution in [-0.4, -0.2) is 32.2 Å². The summed E-state index contributed by atoms with van der Waals surface area (Å²) in [5.41, 5.74) is 2.06. The summed E-state index contributed by atoms with van der Waals surface area (Å²) in [6, 6.07) is 15.0. The molecule has 1 heterocycles. The van der Waals surface area contributed by atoms with Gasteiger partial charge in [-0.25, -0.2) is 4.98 Å². The van der Waals surface area contributed by atoms with E-state index in [4.69, 9.17) is 9.47 Å². The number of rotatable bonds is 5. The number of carbonyl (C=O) groups is 1. The number of carbonyl (C=O) groups excluding carboxylic acids is 1. The molecule has 3 aromatic rings. The van der Waals surface area contributed by atoms with E-state index in [2.05, 4.69) is 4.98 Å². The predicted molar refractivity (Wildman–Crippen MR) is 99.8 cm³/mol. The molecule has 3 rings (SSSR count). The third kappa shape index (κ3) is 3.49. The fourth-order valence-electron chi connectivity index (χ4n) is 2.43. The Bertz CT molecular complexity index is 874. The van der Waals surface area contributed by atoms with Crippen LogP contribution >= 0.6 is 11.3 Å². The molecule has 0 saturated carbocycles. The minimum Gasteiger partial charge on any atom is -0.497 e. The lowest BCUT2D eigenvalue weighted by Gasteiger charge is -2.18. The highest BCUT2D eigenvalue weighted by atomic mass is 32.1. The van der Waals surface area contributed by atoms with E-state index in [1.54, 1.807) is 31.5 Å². The summed E-state index contributed by atoms with van der Waals surface area (Å²) in [7, 11) is 4.93. The zero-order valence-electron chi connectivity index (χ0n) is 14.2. The van der Waals surface area contributed by atoms with Gasteiger partial charge >= 0.3 is 0 Å². The van der Waals surface area contributed by atoms with Crippen LogP contribution in [0.3, 0.4) is 0 Å². The molecule has 0 aliphatic carbocycles. The average Bonchev–Trinajstić information content (AvgIpc) is 3.17. The van der Waals surface area contributed by atoms with Gasteiger partial charge in [0, 0.05) is 18.0 Å². The summed E-state index contributed by atoms with van der Waals surface area (Å²) in [4.78, 5) is 18.8. The minimum absolute atomic E-state index is 0.180. The lowest BCUT2D eigenvalue weighted by molar-refractivity contribution is 0.0988. The molecule has 2 aromatic carbocycles. The number of anilines is 1. The number of benzene rings is 2. The maximum atomic E-state index is 12.8. The van der Waals surface area contributed by atoms with Crippen molar-refractivity contribution in [2.24, 2.45) is 0 Å². The Morgan fingerprint density at radius 3 is 2.44 bits per heavy atom. The highest BCUT2D eigenvalue weighted by Crippen LogP contribution is 2.30. The maximum Gasteiger partial charge on any atom is 0.277 e. The number of ether oxygens (including phenoxy) is 2. The van der Waals surface area contributed by atoms with Crippen LogP contribution in [-0.2, 0) is 0 Å². The maximum absolute atomic E-state index is 12.8. The van der Waals surface area contributed by atoms with E-state index in [-0.39, 0.29) is 5.91 Å². The topological polar surface area (TPSA) is 51.7 Å². The summed E-state index contributed by atoms with van der Waals surface area (Å²) in [5, 5.41) is 2.56. The molecule has 1 amide bonds. The zero-order valence-corrected chi connectivity index (χ0v) is 15.0. The second-order valence-corrected chi connectivity index (χ2v) is 6.16. The number of aromatic nitrogens is 1. The van der Waals surface area contributed by atoms with Crippen molar-refractivity contribution in [2.45, 2.75) is 0 Å². The van der Waals surface area contributed by atoms with Crippen molar-refractivity contribution in [2.75, 3.05) is 26.2 Å². The van der Waals surface area contributed by atoms with Crippen LogP contribution in [0.2, 0.25) is 0 Å². The van der Waals surface area contributed by atoms with Gasteiger partial charge in [0.25, 0.3) is 5.91 Å². The molecule has 0 bridgehead atoms. The minimum atomic E-state index is -0.180. The number of methoxy groups -OCH3 is 2. The lowest BCUT2D eigenvalue weighted by Crippen LogP contribution is -2.26. The number of amides is 1. The van der Waals surface area contributed by atoms with Crippen LogP contribution in [0.25, 0.3) is 10.6 Å². The second-order valence-electron chi connectivity index (χ2n) is 5.30. The van der Waals surface area contributed by atoms with Gasteiger partial charge in [0.05, 0.1) is 19.9 Å². The number of hydrogen-bond donors (Lipinski definition) is 0. The fourth-order valence-corrected chi connectivity index (χ4v) is 3.23. The summed E-state index contributed by atoms with van der Waals surface area (Å²) < 4.78 is 10.5. The van der Waals surface area contributed by atoms with Crippen molar-refractivity contribution in [3.8, 4) is 22.1 Å². The summed E-state index contributed by atoms with van der Waals surface area (Å²) in [6.07, 6.45) is 0. The molecule has 0 spiro atoms. The van der Waals surface area contributed by atoms with Crippen LogP contribution in [0.4, 0.5) is 5.69 Å². The Morgan fingerprint density at radius 1 is 1.04 bits per heavy atom. The molecule has 0 fully saturated rings. The van der Waals surface area contributed by atoms with Crippen molar-refractivity contribution in [3.63, 3.8) is 0 Å². The van der Waals surface area contributed by atoms with E-state index in [0.29, 0.717) is 17.1 Å². The van der Waals surface area contributed by atoms with Gasteiger partial charge in [0.15, 0.2) is 0 Å². The molecular formula is C19H18N2O3S. The molecule has 0 radical (unpaired) electrons. The van der Waals surface area contributed by atoms with Gasteiger partial charge in [0.1, 0.15) is 22.2 Å². The monoisotopic (exact) mass is 354 g/mol. The molecule has 0 aliphatic heterocycles. The number of hydrogen-bond acceptors (Lipinski definition) is 5. The molecule has 5 nitrogen and oxygen atoms in total. The normalized spacial score (nSPS) is 10.4. The van der Waals surface area contributed by atoms with Crippen LogP contribution in [0.1, 0.15) is 10.5 Å². The molecule has 0 saturated heterocycles. The number of thiazole rings is 1. The molecule has 0 unspecified atom stereocenters. The lowest BCUT2D eigenvalue weighted by atomic mass is 10.2. The zero-order chi connectivity index (χ0) is 17.8. The van der Waals surface area contributed by atoms with Gasteiger partial charge in [-0.1, -0.05) is 12.1 Å². The van der Waals surface area contributed by atoms with E-state index in [0.717, 1.165) is 16.3 Å². The van der Waals surface area contributed by atoms with E-state index in [9.17, 15) is 4.79 Å². The molecule has 0 N–H and O–H groups in total. The van der Waals surface area contributed by atoms with Crippen LogP contribution in [0.15, 0.2) is 53.9 Å². The third-order valence-corrected chi connectivity index (χ3v) is 4.70. The second kappa shape index (κ2) is 7.36. The van der Waals surface area contributed by atoms with Gasteiger partial charge in [0.2, 0.25) is 0 Å². The predicted octanol–water partition coefficient (Wildman–Crippen LogP) is 4.10. The van der Waals surface area contributed by atoms with Gasteiger partial charge in [-0.3, -0.25) is 4.79 Å². The van der Waals surface area contributed by atoms with Crippen LogP contribution in [0, 0.1) is 0 Å². The van der Waals surface area contributed by atoms with Gasteiger partial charge in [-0.05, 0) is 36.4 Å². The first-order chi connectivity index (χ1) is 12.1. The fraction of sp³-hybridized carbons (Fsp3) is 0.158. The molecule has 25 heavy (non-hydrogen) atoms. The summed E-state index contributed by atoms with van der Waals surface area (Å²) in [5.74, 6) is 1.25. The first-order valence-electron chi connectivity index (χ1n) is 7.65. The Labute approximate surface area is 150 Å². The van der Waals surface area contributed by atoms with E-state index >= 15 is 0 Å². The highest BCUT2D eigenvalue weighted by molar-refractivity contribution is 7.13. The average molecular weight is 354 g/mol. The van der Waals surface area contributed by atoms with Gasteiger partial charge in [-0.15, -0.1) is 11.3 Å². The van der Waals surface area contributed by atoms with E-state index in [1.165, 1.54) is 11.3 Å². The van der Waals surface area contributed by atoms with Crippen LogP contribution in [0.5, 0.6) is 11.5 Å². The standard InChI is InChI=1S/C19H18N2O3S/c1-21(16-6-4-5-7-17(16)24-3)19(22)15-12-25-18(20-15)13-8-10-14(23-2)11-9-13/h4-12H,1-3H3. The van der Waals surface area contributed by atoms with Gasteiger partial charge < -0.3 is 14.4 Å². The third-order valence-electron chi connectivity index (χ3n) is 3.81. The highest BCUT2D eigenvalue weighted by Gasteiger charge is 2.19. The van der Waals surface area contributed by atoms with Crippen molar-refractivity contribution in [3.05, 3.63) is 59.6 Å². The largest absolute Gasteiger partial charge is 0.497 e. The Kier molecular flexibility index (Phi) is 5.00. The van der Waals surface area contributed by atoms with Gasteiger partial charge in [-0.2, -0.15) is 0 Å². The molecule has 0 atom stereocenters. The first-order valence-corrected chi connectivity index (χ1v) is 8.53. The molecule has 128 valence electrons. The SMILES string of the molecule is COc1ccc(-c2nc(C(=O)N(C)c3ccccc3OC)cs2)cc1. The smallest absolute Gasteiger partial charge is 0.277 e. The summed E-state index contributed by atoms with van der Waals surface area (Å²) in [6.45, 7) is 0. The number of nitrogens with zero attached hydrogens (tertiary/aromatic N) is 2. The molecule has 1 aromatic heterocycles. The van der Waals surface area contributed by atoms with Crippen molar-refractivity contribution in [1.82, 2.24) is 4.98 Å². The molecule has 6 heteroatoms. The Hall–Kier alpha value is -2.86. The Morgan fingerprint density at radius 2 is 1.76 bits per heavy atom. The van der Waals surface area contributed by atoms with E-state index < -0.39 is 0 Å². The molecule has 0 aliphatic rings. The van der Waals surface area contributed by atoms with Crippen LogP contribution < -0.4 is 14.4 Å². The summed E-state index contributed by atoms with van der Waals surface area (Å²) >= 11 is 1.44. The molecular weight excluding hydrogens is 336 g/mol. The first kappa shape index (κ1) is 17.0.